The van der Waals surface area contributed by atoms with Crippen molar-refractivity contribution in [3.05, 3.63) is 29.8 Å². The van der Waals surface area contributed by atoms with Gasteiger partial charge in [0.05, 0.1) is 11.5 Å². The fraction of sp³-hybridized carbons (Fsp3) is 0.650. The molecule has 5 nitrogen and oxygen atoms in total. The van der Waals surface area contributed by atoms with Crippen LogP contribution in [0.3, 0.4) is 0 Å². The van der Waals surface area contributed by atoms with Crippen LogP contribution in [-0.4, -0.2) is 54.1 Å². The predicted octanol–water partition coefficient (Wildman–Crippen LogP) is 3.04. The maximum Gasteiger partial charge on any atom is 0.573 e. The highest BCUT2D eigenvalue weighted by atomic mass is 19.4. The van der Waals surface area contributed by atoms with Crippen LogP contribution >= 0.6 is 0 Å². The topological polar surface area (TPSA) is 61.8 Å². The summed E-state index contributed by atoms with van der Waals surface area (Å²) in [6.07, 6.45) is -2.17. The molecule has 1 aromatic rings. The smallest absolute Gasteiger partial charge is 0.406 e. The molecule has 2 unspecified atom stereocenters. The van der Waals surface area contributed by atoms with E-state index in [4.69, 9.17) is 0 Å². The van der Waals surface area contributed by atoms with Crippen LogP contribution in [0.2, 0.25) is 0 Å². The summed E-state index contributed by atoms with van der Waals surface area (Å²) >= 11 is 0. The minimum atomic E-state index is -4.81. The maximum atomic E-state index is 13.4. The molecule has 28 heavy (non-hydrogen) atoms. The Hall–Kier alpha value is -1.80. The molecule has 3 rings (SSSR count). The third kappa shape index (κ3) is 4.97. The van der Waals surface area contributed by atoms with Crippen molar-refractivity contribution >= 4 is 5.91 Å². The van der Waals surface area contributed by atoms with Crippen molar-refractivity contribution in [1.82, 2.24) is 10.2 Å². The number of ether oxygens (including phenoxy) is 1. The van der Waals surface area contributed by atoms with Gasteiger partial charge in [0.25, 0.3) is 0 Å². The van der Waals surface area contributed by atoms with E-state index in [0.29, 0.717) is 44.6 Å². The van der Waals surface area contributed by atoms with Gasteiger partial charge in [-0.05, 0) is 36.5 Å². The van der Waals surface area contributed by atoms with Gasteiger partial charge in [-0.15, -0.1) is 13.2 Å². The first-order chi connectivity index (χ1) is 13.2. The second-order valence-electron chi connectivity index (χ2n) is 7.93. The molecule has 0 radical (unpaired) electrons. The molecule has 1 amide bonds. The van der Waals surface area contributed by atoms with E-state index < -0.39 is 17.9 Å². The molecule has 0 spiro atoms. The summed E-state index contributed by atoms with van der Waals surface area (Å²) in [6.45, 7) is 4.37. The lowest BCUT2D eigenvalue weighted by molar-refractivity contribution is -0.274. The van der Waals surface area contributed by atoms with Gasteiger partial charge in [-0.1, -0.05) is 31.9 Å². The molecule has 3 atom stereocenters. The van der Waals surface area contributed by atoms with E-state index in [1.807, 2.05) is 6.92 Å². The van der Waals surface area contributed by atoms with E-state index in [0.717, 1.165) is 12.8 Å². The number of rotatable bonds is 4. The third-order valence-corrected chi connectivity index (χ3v) is 5.65. The van der Waals surface area contributed by atoms with Crippen LogP contribution in [0.25, 0.3) is 0 Å². The molecule has 1 saturated heterocycles. The minimum absolute atomic E-state index is 0.234. The molecular formula is C20H27F3N2O3. The fourth-order valence-electron chi connectivity index (χ4n) is 4.47. The van der Waals surface area contributed by atoms with E-state index in [-0.39, 0.29) is 17.6 Å². The van der Waals surface area contributed by atoms with Crippen molar-refractivity contribution in [2.24, 2.45) is 5.92 Å². The van der Waals surface area contributed by atoms with Crippen LogP contribution in [0, 0.1) is 5.92 Å². The van der Waals surface area contributed by atoms with E-state index in [9.17, 15) is 23.1 Å². The van der Waals surface area contributed by atoms with Crippen molar-refractivity contribution < 1.29 is 27.8 Å². The Morgan fingerprint density at radius 3 is 2.71 bits per heavy atom. The number of nitrogens with zero attached hydrogens (tertiary/aromatic N) is 1. The fourth-order valence-corrected chi connectivity index (χ4v) is 4.47. The number of amides is 1. The van der Waals surface area contributed by atoms with Crippen molar-refractivity contribution in [3.63, 3.8) is 0 Å². The first-order valence-electron chi connectivity index (χ1n) is 9.75. The van der Waals surface area contributed by atoms with Crippen LogP contribution in [0.5, 0.6) is 5.75 Å². The summed E-state index contributed by atoms with van der Waals surface area (Å²) in [5.41, 5.74) is -0.918. The number of aliphatic hydroxyl groups is 1. The molecule has 2 fully saturated rings. The van der Waals surface area contributed by atoms with Crippen molar-refractivity contribution in [2.75, 3.05) is 26.2 Å². The summed E-state index contributed by atoms with van der Waals surface area (Å²) in [5, 5.41) is 14.6. The molecule has 1 aromatic carbocycles. The number of hydrogen-bond donors (Lipinski definition) is 2. The molecular weight excluding hydrogens is 373 g/mol. The van der Waals surface area contributed by atoms with Crippen LogP contribution in [0.4, 0.5) is 13.2 Å². The number of benzene rings is 1. The molecule has 8 heteroatoms. The zero-order chi connectivity index (χ0) is 20.4. The summed E-state index contributed by atoms with van der Waals surface area (Å²) in [7, 11) is 0. The molecule has 156 valence electrons. The van der Waals surface area contributed by atoms with Crippen LogP contribution in [0.1, 0.15) is 44.1 Å². The summed E-state index contributed by atoms with van der Waals surface area (Å²) in [4.78, 5) is 15.1. The lowest BCUT2D eigenvalue weighted by atomic mass is 9.69. The van der Waals surface area contributed by atoms with Gasteiger partial charge in [-0.2, -0.15) is 0 Å². The number of carbonyl (C=O) groups excluding carboxylic acids is 1. The molecule has 2 aliphatic rings. The highest BCUT2D eigenvalue weighted by Crippen LogP contribution is 2.44. The van der Waals surface area contributed by atoms with E-state index in [1.54, 1.807) is 11.0 Å². The number of alkyl halides is 3. The standard InChI is InChI=1S/C20H27F3N2O3/c1-14-4-3-7-19(27,13-14)17(18(26)25-10-8-24-9-11-25)15-5-2-6-16(12-15)28-20(21,22)23/h2,5-6,12,14,17,24,27H,3-4,7-11,13H2,1H3/t14-,17?,19?/m1/s1. The molecule has 1 aliphatic heterocycles. The van der Waals surface area contributed by atoms with Crippen molar-refractivity contribution in [1.29, 1.82) is 0 Å². The molecule has 0 aromatic heterocycles. The molecule has 1 heterocycles. The van der Waals surface area contributed by atoms with Gasteiger partial charge in [-0.25, -0.2) is 0 Å². The number of nitrogens with one attached hydrogen (secondary N) is 1. The Balaban J connectivity index is 1.96. The molecule has 1 saturated carbocycles. The second kappa shape index (κ2) is 8.29. The summed E-state index contributed by atoms with van der Waals surface area (Å²) < 4.78 is 42.0. The van der Waals surface area contributed by atoms with Crippen molar-refractivity contribution in [2.45, 2.75) is 50.5 Å². The van der Waals surface area contributed by atoms with Gasteiger partial charge < -0.3 is 20.1 Å². The van der Waals surface area contributed by atoms with Gasteiger partial charge >= 0.3 is 6.36 Å². The molecule has 2 N–H and O–H groups in total. The van der Waals surface area contributed by atoms with E-state index in [2.05, 4.69) is 10.1 Å². The Kier molecular flexibility index (Phi) is 6.19. The maximum absolute atomic E-state index is 13.4. The third-order valence-electron chi connectivity index (χ3n) is 5.65. The van der Waals surface area contributed by atoms with Crippen LogP contribution in [0.15, 0.2) is 24.3 Å². The lowest BCUT2D eigenvalue weighted by Crippen LogP contribution is -2.53. The summed E-state index contributed by atoms with van der Waals surface area (Å²) in [5.74, 6) is -1.28. The van der Waals surface area contributed by atoms with Gasteiger partial charge in [0, 0.05) is 26.2 Å². The number of halogens is 3. The van der Waals surface area contributed by atoms with Gasteiger partial charge in [0.15, 0.2) is 0 Å². The van der Waals surface area contributed by atoms with Gasteiger partial charge in [0.1, 0.15) is 5.75 Å². The van der Waals surface area contributed by atoms with Gasteiger partial charge in [-0.3, -0.25) is 4.79 Å². The summed E-state index contributed by atoms with van der Waals surface area (Å²) in [6, 6.07) is 5.47. The zero-order valence-electron chi connectivity index (χ0n) is 16.0. The monoisotopic (exact) mass is 400 g/mol. The Morgan fingerprint density at radius 1 is 1.36 bits per heavy atom. The van der Waals surface area contributed by atoms with E-state index in [1.165, 1.54) is 18.2 Å². The zero-order valence-corrected chi connectivity index (χ0v) is 16.0. The quantitative estimate of drug-likeness (QED) is 0.816. The highest BCUT2D eigenvalue weighted by Gasteiger charge is 2.46. The first-order valence-corrected chi connectivity index (χ1v) is 9.75. The molecule has 1 aliphatic carbocycles. The Labute approximate surface area is 162 Å². The molecule has 0 bridgehead atoms. The second-order valence-corrected chi connectivity index (χ2v) is 7.93. The van der Waals surface area contributed by atoms with Gasteiger partial charge in [0.2, 0.25) is 5.91 Å². The minimum Gasteiger partial charge on any atom is -0.406 e. The van der Waals surface area contributed by atoms with E-state index >= 15 is 0 Å². The largest absolute Gasteiger partial charge is 0.573 e. The SMILES string of the molecule is C[C@@H]1CCCC(O)(C(C(=O)N2CCNCC2)c2cccc(OC(F)(F)F)c2)C1. The number of piperazine rings is 1. The average Bonchev–Trinajstić information content (AvgIpc) is 2.61. The van der Waals surface area contributed by atoms with Crippen molar-refractivity contribution in [3.8, 4) is 5.75 Å². The van der Waals surface area contributed by atoms with Crippen LogP contribution in [-0.2, 0) is 4.79 Å². The van der Waals surface area contributed by atoms with Crippen LogP contribution < -0.4 is 10.1 Å². The normalized spacial score (nSPS) is 27.3. The lowest BCUT2D eigenvalue weighted by Gasteiger charge is -2.43. The Morgan fingerprint density at radius 2 is 2.07 bits per heavy atom. The first kappa shape index (κ1) is 20.9. The predicted molar refractivity (Wildman–Crippen MR) is 97.9 cm³/mol. The number of carbonyl (C=O) groups is 1. The Bertz CT molecular complexity index is 692. The number of hydrogen-bond acceptors (Lipinski definition) is 4. The highest BCUT2D eigenvalue weighted by molar-refractivity contribution is 5.85. The average molecular weight is 400 g/mol.